The summed E-state index contributed by atoms with van der Waals surface area (Å²) in [6.45, 7) is 1.70. The molecule has 1 aromatic carbocycles. The van der Waals surface area contributed by atoms with Gasteiger partial charge >= 0.3 is 11.8 Å². The van der Waals surface area contributed by atoms with Crippen molar-refractivity contribution in [1.82, 2.24) is 9.62 Å². The van der Waals surface area contributed by atoms with Gasteiger partial charge in [-0.2, -0.15) is 4.31 Å². The summed E-state index contributed by atoms with van der Waals surface area (Å²) in [5, 5.41) is 5.23. The third kappa shape index (κ3) is 4.79. The molecule has 3 rings (SSSR count). The Labute approximate surface area is 165 Å². The van der Waals surface area contributed by atoms with Crippen molar-refractivity contribution in [3.05, 3.63) is 23.2 Å². The van der Waals surface area contributed by atoms with E-state index in [0.29, 0.717) is 24.9 Å². The van der Waals surface area contributed by atoms with Crippen molar-refractivity contribution in [3.8, 4) is 0 Å². The van der Waals surface area contributed by atoms with Crippen LogP contribution in [0, 0.1) is 0 Å². The molecule has 12 heteroatoms. The minimum atomic E-state index is -3.76. The van der Waals surface area contributed by atoms with E-state index < -0.39 is 21.8 Å². The Bertz CT molecular complexity index is 884. The van der Waals surface area contributed by atoms with E-state index in [0.717, 1.165) is 5.75 Å². The van der Waals surface area contributed by atoms with Gasteiger partial charge in [-0.3, -0.25) is 19.9 Å². The fourth-order valence-corrected chi connectivity index (χ4v) is 4.76. The van der Waals surface area contributed by atoms with Gasteiger partial charge in [0.2, 0.25) is 10.0 Å². The van der Waals surface area contributed by atoms with Crippen LogP contribution in [0.3, 0.4) is 0 Å². The number of morpholine rings is 1. The molecule has 0 unspecified atom stereocenters. The number of rotatable bonds is 3. The number of thioether (sulfide) groups is 1. The number of carbonyl (C=O) groups is 2. The maximum absolute atomic E-state index is 12.7. The number of amidine groups is 1. The fraction of sp³-hybridized carbons (Fsp3) is 0.400. The lowest BCUT2D eigenvalue weighted by molar-refractivity contribution is -0.135. The van der Waals surface area contributed by atoms with Gasteiger partial charge in [-0.15, -0.1) is 0 Å². The predicted molar refractivity (Wildman–Crippen MR) is 103 cm³/mol. The Hall–Kier alpha value is -1.66. The zero-order valence-corrected chi connectivity index (χ0v) is 16.5. The first-order valence-corrected chi connectivity index (χ1v) is 10.9. The first kappa shape index (κ1) is 20.1. The highest BCUT2D eigenvalue weighted by Crippen LogP contribution is 2.27. The molecule has 1 aromatic rings. The quantitative estimate of drug-likeness (QED) is 0.672. The van der Waals surface area contributed by atoms with E-state index in [-0.39, 0.29) is 28.7 Å². The van der Waals surface area contributed by atoms with Gasteiger partial charge in [0.1, 0.15) is 0 Å². The second-order valence-electron chi connectivity index (χ2n) is 5.60. The summed E-state index contributed by atoms with van der Waals surface area (Å²) < 4.78 is 31.9. The standard InChI is InChI=1S/C15H17ClN4O5S2/c16-11-2-1-10(27(23,24)20-4-6-25-7-5-20)9-12(11)18-13(21)14(22)19-15-17-3-8-26-15/h1-2,9H,3-8H2,(H,18,21)(H,17,19,22). The molecule has 2 N–H and O–H groups in total. The molecule has 2 aliphatic heterocycles. The summed E-state index contributed by atoms with van der Waals surface area (Å²) >= 11 is 7.38. The monoisotopic (exact) mass is 432 g/mol. The van der Waals surface area contributed by atoms with E-state index in [1.54, 1.807) is 0 Å². The van der Waals surface area contributed by atoms with Crippen LogP contribution in [0.25, 0.3) is 0 Å². The van der Waals surface area contributed by atoms with Crippen LogP contribution in [-0.2, 0) is 24.3 Å². The summed E-state index contributed by atoms with van der Waals surface area (Å²) in [6.07, 6.45) is 0. The van der Waals surface area contributed by atoms with E-state index in [1.165, 1.54) is 34.3 Å². The van der Waals surface area contributed by atoms with Crippen LogP contribution in [0.15, 0.2) is 28.1 Å². The Morgan fingerprint density at radius 3 is 2.56 bits per heavy atom. The number of anilines is 1. The number of sulfonamides is 1. The van der Waals surface area contributed by atoms with Crippen molar-refractivity contribution >= 4 is 56.1 Å². The summed E-state index contributed by atoms with van der Waals surface area (Å²) in [7, 11) is -3.76. The first-order valence-electron chi connectivity index (χ1n) is 8.05. The Morgan fingerprint density at radius 2 is 1.89 bits per heavy atom. The average molecular weight is 433 g/mol. The number of benzene rings is 1. The number of hydrogen-bond donors (Lipinski definition) is 2. The van der Waals surface area contributed by atoms with E-state index in [4.69, 9.17) is 16.3 Å². The maximum atomic E-state index is 12.7. The van der Waals surface area contributed by atoms with Gasteiger partial charge in [-0.1, -0.05) is 23.4 Å². The Morgan fingerprint density at radius 1 is 1.19 bits per heavy atom. The second-order valence-corrected chi connectivity index (χ2v) is 9.03. The molecule has 2 heterocycles. The molecule has 0 spiro atoms. The third-order valence-corrected chi connectivity index (χ3v) is 6.92. The zero-order chi connectivity index (χ0) is 19.4. The molecule has 2 amide bonds. The molecule has 146 valence electrons. The number of amides is 2. The van der Waals surface area contributed by atoms with Crippen LogP contribution in [0.2, 0.25) is 5.02 Å². The van der Waals surface area contributed by atoms with Crippen LogP contribution >= 0.6 is 23.4 Å². The molecular weight excluding hydrogens is 416 g/mol. The summed E-state index contributed by atoms with van der Waals surface area (Å²) in [5.41, 5.74) is 0.0344. The number of ether oxygens (including phenoxy) is 1. The van der Waals surface area contributed by atoms with Crippen LogP contribution < -0.4 is 10.6 Å². The summed E-state index contributed by atoms with van der Waals surface area (Å²) in [6, 6.07) is 3.95. The van der Waals surface area contributed by atoms with Crippen molar-refractivity contribution in [2.24, 2.45) is 4.99 Å². The number of halogens is 1. The molecule has 0 saturated carbocycles. The molecule has 1 fully saturated rings. The van der Waals surface area contributed by atoms with Crippen LogP contribution in [0.1, 0.15) is 0 Å². The zero-order valence-electron chi connectivity index (χ0n) is 14.1. The van der Waals surface area contributed by atoms with E-state index >= 15 is 0 Å². The van der Waals surface area contributed by atoms with Crippen molar-refractivity contribution in [1.29, 1.82) is 0 Å². The fourth-order valence-electron chi connectivity index (χ4n) is 2.44. The van der Waals surface area contributed by atoms with Gasteiger partial charge in [-0.05, 0) is 18.2 Å². The molecule has 0 aromatic heterocycles. The molecule has 0 bridgehead atoms. The first-order chi connectivity index (χ1) is 12.9. The van der Waals surface area contributed by atoms with Gasteiger partial charge in [0.05, 0.1) is 35.4 Å². The Kier molecular flexibility index (Phi) is 6.37. The van der Waals surface area contributed by atoms with Gasteiger partial charge in [0.15, 0.2) is 5.17 Å². The highest BCUT2D eigenvalue weighted by Gasteiger charge is 2.27. The minimum absolute atomic E-state index is 0.0276. The van der Waals surface area contributed by atoms with E-state index in [2.05, 4.69) is 15.6 Å². The molecule has 0 aliphatic carbocycles. The van der Waals surface area contributed by atoms with Crippen molar-refractivity contribution in [2.75, 3.05) is 43.9 Å². The number of nitrogens with one attached hydrogen (secondary N) is 2. The molecule has 27 heavy (non-hydrogen) atoms. The number of carbonyl (C=O) groups excluding carboxylic acids is 2. The maximum Gasteiger partial charge on any atom is 0.315 e. The van der Waals surface area contributed by atoms with Crippen LogP contribution in [0.5, 0.6) is 0 Å². The van der Waals surface area contributed by atoms with Crippen molar-refractivity contribution in [2.45, 2.75) is 4.90 Å². The normalized spacial score (nSPS) is 18.0. The number of aliphatic imine (C=N–C) groups is 1. The molecule has 0 radical (unpaired) electrons. The SMILES string of the molecule is O=C(NC1=NCCS1)C(=O)Nc1cc(S(=O)(=O)N2CCOCC2)ccc1Cl. The molecule has 0 atom stereocenters. The number of nitrogens with zero attached hydrogens (tertiary/aromatic N) is 2. The summed E-state index contributed by atoms with van der Waals surface area (Å²) in [5.74, 6) is -1.13. The lowest BCUT2D eigenvalue weighted by atomic mass is 10.3. The van der Waals surface area contributed by atoms with Crippen LogP contribution in [-0.4, -0.2) is 68.3 Å². The average Bonchev–Trinajstić information content (AvgIpc) is 3.17. The van der Waals surface area contributed by atoms with Gasteiger partial charge in [-0.25, -0.2) is 8.42 Å². The topological polar surface area (TPSA) is 117 Å². The molecule has 2 aliphatic rings. The van der Waals surface area contributed by atoms with Crippen molar-refractivity contribution < 1.29 is 22.7 Å². The highest BCUT2D eigenvalue weighted by atomic mass is 35.5. The summed E-state index contributed by atoms with van der Waals surface area (Å²) in [4.78, 5) is 28.0. The lowest BCUT2D eigenvalue weighted by Crippen LogP contribution is -2.40. The smallest absolute Gasteiger partial charge is 0.315 e. The third-order valence-electron chi connectivity index (χ3n) is 3.81. The van der Waals surface area contributed by atoms with Crippen molar-refractivity contribution in [3.63, 3.8) is 0 Å². The van der Waals surface area contributed by atoms with E-state index in [1.807, 2.05) is 0 Å². The minimum Gasteiger partial charge on any atom is -0.379 e. The lowest BCUT2D eigenvalue weighted by Gasteiger charge is -2.26. The largest absolute Gasteiger partial charge is 0.379 e. The Balaban J connectivity index is 1.74. The second kappa shape index (κ2) is 8.57. The number of hydrogen-bond acceptors (Lipinski definition) is 7. The van der Waals surface area contributed by atoms with Gasteiger partial charge in [0, 0.05) is 18.8 Å². The molecular formula is C15H17ClN4O5S2. The molecule has 1 saturated heterocycles. The van der Waals surface area contributed by atoms with Gasteiger partial charge < -0.3 is 10.1 Å². The molecule has 9 nitrogen and oxygen atoms in total. The van der Waals surface area contributed by atoms with E-state index in [9.17, 15) is 18.0 Å². The van der Waals surface area contributed by atoms with Gasteiger partial charge in [0.25, 0.3) is 0 Å². The van der Waals surface area contributed by atoms with Crippen LogP contribution in [0.4, 0.5) is 5.69 Å². The predicted octanol–water partition coefficient (Wildman–Crippen LogP) is 0.518. The highest BCUT2D eigenvalue weighted by molar-refractivity contribution is 8.14.